The molecule has 0 atom stereocenters. The summed E-state index contributed by atoms with van der Waals surface area (Å²) in [6, 6.07) is 19.2. The van der Waals surface area contributed by atoms with Gasteiger partial charge in [0.15, 0.2) is 0 Å². The average Bonchev–Trinajstić information content (AvgIpc) is 2.41. The summed E-state index contributed by atoms with van der Waals surface area (Å²) in [5.41, 5.74) is 4.44. The Morgan fingerprint density at radius 1 is 1.00 bits per heavy atom. The molecule has 0 heterocycles. The van der Waals surface area contributed by atoms with Gasteiger partial charge in [-0.05, 0) is 11.1 Å². The van der Waals surface area contributed by atoms with E-state index in [-0.39, 0.29) is 5.91 Å². The third kappa shape index (κ3) is 3.87. The molecular formula is C15H14N2O. The molecule has 3 heteroatoms. The fourth-order valence-electron chi connectivity index (χ4n) is 1.54. The minimum absolute atomic E-state index is 0.117. The van der Waals surface area contributed by atoms with E-state index in [4.69, 9.17) is 0 Å². The Morgan fingerprint density at radius 2 is 1.61 bits per heavy atom. The molecule has 0 spiro atoms. The van der Waals surface area contributed by atoms with Gasteiger partial charge in [-0.2, -0.15) is 5.10 Å². The van der Waals surface area contributed by atoms with Gasteiger partial charge in [-0.1, -0.05) is 60.7 Å². The number of carbonyl (C=O) groups is 1. The molecule has 90 valence electrons. The zero-order valence-corrected chi connectivity index (χ0v) is 9.91. The molecular weight excluding hydrogens is 224 g/mol. The highest BCUT2D eigenvalue weighted by Gasteiger charge is 2.00. The van der Waals surface area contributed by atoms with Gasteiger partial charge in [0.1, 0.15) is 0 Å². The van der Waals surface area contributed by atoms with Crippen LogP contribution in [0.15, 0.2) is 65.8 Å². The van der Waals surface area contributed by atoms with Crippen molar-refractivity contribution in [1.82, 2.24) is 5.43 Å². The Bertz CT molecular complexity index is 521. The number of hydrazone groups is 1. The van der Waals surface area contributed by atoms with Crippen molar-refractivity contribution in [1.29, 1.82) is 0 Å². The van der Waals surface area contributed by atoms with Crippen LogP contribution in [0.2, 0.25) is 0 Å². The van der Waals surface area contributed by atoms with Crippen LogP contribution < -0.4 is 5.43 Å². The average molecular weight is 238 g/mol. The molecule has 0 aliphatic carbocycles. The lowest BCUT2D eigenvalue weighted by atomic mass is 10.1. The minimum atomic E-state index is -0.117. The van der Waals surface area contributed by atoms with Gasteiger partial charge < -0.3 is 0 Å². The minimum Gasteiger partial charge on any atom is -0.273 e. The molecule has 2 rings (SSSR count). The summed E-state index contributed by atoms with van der Waals surface area (Å²) in [6.07, 6.45) is 1.97. The first-order valence-electron chi connectivity index (χ1n) is 5.75. The lowest BCUT2D eigenvalue weighted by Gasteiger charge is -1.99. The maximum atomic E-state index is 11.6. The Morgan fingerprint density at radius 3 is 2.28 bits per heavy atom. The lowest BCUT2D eigenvalue weighted by molar-refractivity contribution is -0.120. The normalized spacial score (nSPS) is 10.4. The van der Waals surface area contributed by atoms with Crippen molar-refractivity contribution in [2.24, 2.45) is 5.10 Å². The molecule has 2 aromatic carbocycles. The largest absolute Gasteiger partial charge is 0.273 e. The van der Waals surface area contributed by atoms with Crippen LogP contribution in [0, 0.1) is 0 Å². The second-order valence-corrected chi connectivity index (χ2v) is 3.87. The summed E-state index contributed by atoms with van der Waals surface area (Å²) < 4.78 is 0. The van der Waals surface area contributed by atoms with Crippen LogP contribution in [-0.2, 0) is 11.2 Å². The molecule has 3 nitrogen and oxygen atoms in total. The van der Waals surface area contributed by atoms with Gasteiger partial charge in [0.2, 0.25) is 5.91 Å². The molecule has 0 fully saturated rings. The highest BCUT2D eigenvalue weighted by Crippen LogP contribution is 1.99. The SMILES string of the molecule is O=C(Cc1ccccc1)N/N=C\c1ccccc1. The maximum Gasteiger partial charge on any atom is 0.244 e. The van der Waals surface area contributed by atoms with Gasteiger partial charge in [0.05, 0.1) is 12.6 Å². The van der Waals surface area contributed by atoms with Gasteiger partial charge in [0, 0.05) is 0 Å². The summed E-state index contributed by atoms with van der Waals surface area (Å²) in [6.45, 7) is 0. The van der Waals surface area contributed by atoms with E-state index in [0.717, 1.165) is 11.1 Å². The maximum absolute atomic E-state index is 11.6. The topological polar surface area (TPSA) is 41.5 Å². The molecule has 0 aliphatic heterocycles. The standard InChI is InChI=1S/C15H14N2O/c18-15(11-13-7-3-1-4-8-13)17-16-12-14-9-5-2-6-10-14/h1-10,12H,11H2,(H,17,18)/b16-12-. The fraction of sp³-hybridized carbons (Fsp3) is 0.0667. The van der Waals surface area contributed by atoms with Gasteiger partial charge in [0.25, 0.3) is 0 Å². The predicted molar refractivity (Wildman–Crippen MR) is 72.3 cm³/mol. The number of benzene rings is 2. The Labute approximate surface area is 106 Å². The molecule has 1 amide bonds. The number of hydrogen-bond acceptors (Lipinski definition) is 2. The zero-order chi connectivity index (χ0) is 12.6. The third-order valence-corrected chi connectivity index (χ3v) is 2.41. The van der Waals surface area contributed by atoms with Gasteiger partial charge in [-0.25, -0.2) is 5.43 Å². The highest BCUT2D eigenvalue weighted by atomic mass is 16.2. The van der Waals surface area contributed by atoms with E-state index in [0.29, 0.717) is 6.42 Å². The molecule has 0 aromatic heterocycles. The van der Waals surface area contributed by atoms with E-state index in [9.17, 15) is 4.79 Å². The molecule has 0 saturated carbocycles. The van der Waals surface area contributed by atoms with E-state index >= 15 is 0 Å². The first-order valence-corrected chi connectivity index (χ1v) is 5.75. The zero-order valence-electron chi connectivity index (χ0n) is 9.91. The van der Waals surface area contributed by atoms with Gasteiger partial charge >= 0.3 is 0 Å². The van der Waals surface area contributed by atoms with Crippen molar-refractivity contribution < 1.29 is 4.79 Å². The van der Waals surface area contributed by atoms with Gasteiger partial charge in [-0.3, -0.25) is 4.79 Å². The quantitative estimate of drug-likeness (QED) is 0.645. The second kappa shape index (κ2) is 6.35. The number of nitrogens with one attached hydrogen (secondary N) is 1. The molecule has 18 heavy (non-hydrogen) atoms. The molecule has 0 radical (unpaired) electrons. The summed E-state index contributed by atoms with van der Waals surface area (Å²) in [4.78, 5) is 11.6. The van der Waals surface area contributed by atoms with Crippen LogP contribution in [-0.4, -0.2) is 12.1 Å². The fourth-order valence-corrected chi connectivity index (χ4v) is 1.54. The van der Waals surface area contributed by atoms with E-state index < -0.39 is 0 Å². The molecule has 0 aliphatic rings. The van der Waals surface area contributed by atoms with Crippen molar-refractivity contribution >= 4 is 12.1 Å². The smallest absolute Gasteiger partial charge is 0.244 e. The Hall–Kier alpha value is -2.42. The van der Waals surface area contributed by atoms with Crippen LogP contribution in [0.4, 0.5) is 0 Å². The van der Waals surface area contributed by atoms with E-state index in [1.54, 1.807) is 6.21 Å². The molecule has 0 bridgehead atoms. The third-order valence-electron chi connectivity index (χ3n) is 2.41. The van der Waals surface area contributed by atoms with Crippen LogP contribution in [0.5, 0.6) is 0 Å². The number of nitrogens with zero attached hydrogens (tertiary/aromatic N) is 1. The monoisotopic (exact) mass is 238 g/mol. The van der Waals surface area contributed by atoms with Crippen molar-refractivity contribution in [2.75, 3.05) is 0 Å². The number of amides is 1. The summed E-state index contributed by atoms with van der Waals surface area (Å²) >= 11 is 0. The molecule has 0 saturated heterocycles. The Kier molecular flexibility index (Phi) is 4.25. The number of rotatable bonds is 4. The van der Waals surface area contributed by atoms with Crippen molar-refractivity contribution in [2.45, 2.75) is 6.42 Å². The van der Waals surface area contributed by atoms with E-state index in [1.165, 1.54) is 0 Å². The van der Waals surface area contributed by atoms with Gasteiger partial charge in [-0.15, -0.1) is 0 Å². The number of hydrogen-bond donors (Lipinski definition) is 1. The van der Waals surface area contributed by atoms with E-state index in [1.807, 2.05) is 60.7 Å². The first-order chi connectivity index (χ1) is 8.84. The van der Waals surface area contributed by atoms with Crippen LogP contribution in [0.25, 0.3) is 0 Å². The van der Waals surface area contributed by atoms with Crippen LogP contribution in [0.1, 0.15) is 11.1 Å². The molecule has 1 N–H and O–H groups in total. The molecule has 2 aromatic rings. The predicted octanol–water partition coefficient (Wildman–Crippen LogP) is 2.38. The summed E-state index contributed by atoms with van der Waals surface area (Å²) in [7, 11) is 0. The van der Waals surface area contributed by atoms with Crippen LogP contribution in [0.3, 0.4) is 0 Å². The summed E-state index contributed by atoms with van der Waals surface area (Å²) in [5.74, 6) is -0.117. The first kappa shape index (κ1) is 12.0. The lowest BCUT2D eigenvalue weighted by Crippen LogP contribution is -2.19. The molecule has 0 unspecified atom stereocenters. The van der Waals surface area contributed by atoms with Crippen LogP contribution >= 0.6 is 0 Å². The van der Waals surface area contributed by atoms with Crippen molar-refractivity contribution in [3.63, 3.8) is 0 Å². The number of carbonyl (C=O) groups excluding carboxylic acids is 1. The van der Waals surface area contributed by atoms with E-state index in [2.05, 4.69) is 10.5 Å². The second-order valence-electron chi connectivity index (χ2n) is 3.87. The van der Waals surface area contributed by atoms with Crippen molar-refractivity contribution in [3.05, 3.63) is 71.8 Å². The van der Waals surface area contributed by atoms with Crippen molar-refractivity contribution in [3.8, 4) is 0 Å². The summed E-state index contributed by atoms with van der Waals surface area (Å²) in [5, 5.41) is 3.91. The highest BCUT2D eigenvalue weighted by molar-refractivity contribution is 5.83. The Balaban J connectivity index is 1.84.